The molecule has 3 heteroatoms. The minimum Gasteiger partial charge on any atom is -0.313 e. The number of hydrogen-bond acceptors (Lipinski definition) is 3. The average Bonchev–Trinajstić information content (AvgIpc) is 2.41. The Balaban J connectivity index is 3.63. The van der Waals surface area contributed by atoms with E-state index in [1.165, 1.54) is 52.1 Å². The highest BCUT2D eigenvalue weighted by Gasteiger charge is 2.04. The first-order valence-electron chi connectivity index (χ1n) is 7.85. The maximum atomic E-state index is 3.57. The van der Waals surface area contributed by atoms with Gasteiger partial charge in [-0.05, 0) is 52.5 Å². The topological polar surface area (TPSA) is 18.5 Å². The molecule has 0 radical (unpaired) electrons. The molecule has 1 unspecified atom stereocenters. The fraction of sp³-hybridized carbons (Fsp3) is 1.00. The Kier molecular flexibility index (Phi) is 11.9. The van der Waals surface area contributed by atoms with Crippen LogP contribution in [0.25, 0.3) is 0 Å². The van der Waals surface area contributed by atoms with Crippen LogP contribution >= 0.6 is 0 Å². The molecule has 0 aliphatic heterocycles. The van der Waals surface area contributed by atoms with Crippen molar-refractivity contribution in [3.05, 3.63) is 0 Å². The molecule has 0 aliphatic rings. The van der Waals surface area contributed by atoms with Crippen molar-refractivity contribution in [1.82, 2.24) is 15.1 Å². The molecule has 0 fully saturated rings. The van der Waals surface area contributed by atoms with E-state index in [0.29, 0.717) is 6.04 Å². The molecule has 18 heavy (non-hydrogen) atoms. The van der Waals surface area contributed by atoms with Gasteiger partial charge in [0.1, 0.15) is 0 Å². The van der Waals surface area contributed by atoms with E-state index >= 15 is 0 Å². The minimum atomic E-state index is 0.652. The van der Waals surface area contributed by atoms with Gasteiger partial charge in [0, 0.05) is 19.1 Å². The summed E-state index contributed by atoms with van der Waals surface area (Å²) in [5.74, 6) is 0. The van der Waals surface area contributed by atoms with Crippen LogP contribution in [0.1, 0.15) is 47.5 Å². The Labute approximate surface area is 115 Å². The maximum Gasteiger partial charge on any atom is 0.0107 e. The van der Waals surface area contributed by atoms with E-state index in [1.807, 2.05) is 0 Å². The number of hydrogen-bond donors (Lipinski definition) is 1. The zero-order chi connectivity index (χ0) is 13.8. The summed E-state index contributed by atoms with van der Waals surface area (Å²) in [7, 11) is 0. The van der Waals surface area contributed by atoms with Crippen LogP contribution in [0, 0.1) is 0 Å². The molecule has 3 nitrogen and oxygen atoms in total. The van der Waals surface area contributed by atoms with Crippen LogP contribution in [0.5, 0.6) is 0 Å². The summed E-state index contributed by atoms with van der Waals surface area (Å²) >= 11 is 0. The third kappa shape index (κ3) is 8.90. The highest BCUT2D eigenvalue weighted by Crippen LogP contribution is 1.95. The molecule has 0 aliphatic carbocycles. The highest BCUT2D eigenvalue weighted by atomic mass is 15.1. The Hall–Kier alpha value is -0.120. The molecular weight excluding hydrogens is 222 g/mol. The standard InChI is InChI=1S/C15H35N3/c1-6-15(5)16-11-14-18(9-4)13-10-12-17(7-2)8-3/h15-16H,6-14H2,1-5H3. The normalized spacial score (nSPS) is 13.5. The van der Waals surface area contributed by atoms with Crippen LogP contribution in [0.3, 0.4) is 0 Å². The van der Waals surface area contributed by atoms with Crippen molar-refractivity contribution in [2.24, 2.45) is 0 Å². The van der Waals surface area contributed by atoms with Crippen molar-refractivity contribution in [1.29, 1.82) is 0 Å². The maximum absolute atomic E-state index is 3.57. The van der Waals surface area contributed by atoms with Crippen molar-refractivity contribution < 1.29 is 0 Å². The van der Waals surface area contributed by atoms with Gasteiger partial charge in [0.2, 0.25) is 0 Å². The first-order valence-corrected chi connectivity index (χ1v) is 7.85. The van der Waals surface area contributed by atoms with E-state index in [-0.39, 0.29) is 0 Å². The zero-order valence-electron chi connectivity index (χ0n) is 13.3. The lowest BCUT2D eigenvalue weighted by Crippen LogP contribution is -2.37. The molecular formula is C15H35N3. The Morgan fingerprint density at radius 1 is 0.833 bits per heavy atom. The summed E-state index contributed by atoms with van der Waals surface area (Å²) in [5, 5.41) is 3.57. The fourth-order valence-corrected chi connectivity index (χ4v) is 2.10. The van der Waals surface area contributed by atoms with Gasteiger partial charge in [0.15, 0.2) is 0 Å². The number of nitrogens with one attached hydrogen (secondary N) is 1. The van der Waals surface area contributed by atoms with Gasteiger partial charge in [0.05, 0.1) is 0 Å². The number of nitrogens with zero attached hydrogens (tertiary/aromatic N) is 2. The van der Waals surface area contributed by atoms with Crippen LogP contribution in [-0.2, 0) is 0 Å². The van der Waals surface area contributed by atoms with E-state index in [2.05, 4.69) is 49.7 Å². The Bertz CT molecular complexity index is 169. The van der Waals surface area contributed by atoms with Gasteiger partial charge >= 0.3 is 0 Å². The molecule has 1 N–H and O–H groups in total. The highest BCUT2D eigenvalue weighted by molar-refractivity contribution is 4.63. The molecule has 0 rings (SSSR count). The van der Waals surface area contributed by atoms with E-state index in [4.69, 9.17) is 0 Å². The molecule has 0 spiro atoms. The van der Waals surface area contributed by atoms with E-state index < -0.39 is 0 Å². The molecule has 0 saturated carbocycles. The lowest BCUT2D eigenvalue weighted by atomic mass is 10.2. The summed E-state index contributed by atoms with van der Waals surface area (Å²) in [6, 6.07) is 0.652. The quantitative estimate of drug-likeness (QED) is 0.579. The molecule has 0 heterocycles. The first kappa shape index (κ1) is 17.9. The van der Waals surface area contributed by atoms with Crippen molar-refractivity contribution in [2.75, 3.05) is 45.8 Å². The van der Waals surface area contributed by atoms with Gasteiger partial charge in [-0.15, -0.1) is 0 Å². The van der Waals surface area contributed by atoms with E-state index in [0.717, 1.165) is 6.54 Å². The predicted molar refractivity (Wildman–Crippen MR) is 82.3 cm³/mol. The Morgan fingerprint density at radius 2 is 1.39 bits per heavy atom. The summed E-state index contributed by atoms with van der Waals surface area (Å²) in [6.07, 6.45) is 2.51. The van der Waals surface area contributed by atoms with Crippen molar-refractivity contribution >= 4 is 0 Å². The first-order chi connectivity index (χ1) is 8.67. The lowest BCUT2D eigenvalue weighted by Gasteiger charge is -2.24. The second kappa shape index (κ2) is 11.9. The molecule has 1 atom stereocenters. The summed E-state index contributed by atoms with van der Waals surface area (Å²) < 4.78 is 0. The average molecular weight is 257 g/mol. The summed E-state index contributed by atoms with van der Waals surface area (Å²) in [5.41, 5.74) is 0. The SMILES string of the molecule is CCC(C)NCCN(CC)CCCN(CC)CC. The van der Waals surface area contributed by atoms with Gasteiger partial charge in [-0.25, -0.2) is 0 Å². The monoisotopic (exact) mass is 257 g/mol. The van der Waals surface area contributed by atoms with Gasteiger partial charge in [-0.1, -0.05) is 27.7 Å². The van der Waals surface area contributed by atoms with Crippen LogP contribution in [0.15, 0.2) is 0 Å². The fourth-order valence-electron chi connectivity index (χ4n) is 2.10. The zero-order valence-corrected chi connectivity index (χ0v) is 13.3. The number of rotatable bonds is 12. The van der Waals surface area contributed by atoms with E-state index in [1.54, 1.807) is 0 Å². The number of likely N-dealkylation sites (N-methyl/N-ethyl adjacent to an activating group) is 1. The molecule has 0 aromatic rings. The van der Waals surface area contributed by atoms with Gasteiger partial charge < -0.3 is 15.1 Å². The van der Waals surface area contributed by atoms with Crippen LogP contribution < -0.4 is 5.32 Å². The third-order valence-electron chi connectivity index (χ3n) is 3.82. The molecule has 110 valence electrons. The third-order valence-corrected chi connectivity index (χ3v) is 3.82. The minimum absolute atomic E-state index is 0.652. The molecule has 0 aromatic heterocycles. The molecule has 0 aromatic carbocycles. The van der Waals surface area contributed by atoms with Gasteiger partial charge in [-0.2, -0.15) is 0 Å². The molecule has 0 bridgehead atoms. The van der Waals surface area contributed by atoms with Crippen LogP contribution in [-0.4, -0.2) is 61.7 Å². The lowest BCUT2D eigenvalue weighted by molar-refractivity contribution is 0.241. The van der Waals surface area contributed by atoms with Crippen molar-refractivity contribution in [3.63, 3.8) is 0 Å². The molecule has 0 saturated heterocycles. The van der Waals surface area contributed by atoms with Crippen LogP contribution in [0.2, 0.25) is 0 Å². The van der Waals surface area contributed by atoms with Gasteiger partial charge in [0.25, 0.3) is 0 Å². The second-order valence-corrected chi connectivity index (χ2v) is 5.08. The van der Waals surface area contributed by atoms with Crippen molar-refractivity contribution in [2.45, 2.75) is 53.5 Å². The summed E-state index contributed by atoms with van der Waals surface area (Å²) in [6.45, 7) is 19.5. The predicted octanol–water partition coefficient (Wildman–Crippen LogP) is 2.43. The van der Waals surface area contributed by atoms with Crippen LogP contribution in [0.4, 0.5) is 0 Å². The Morgan fingerprint density at radius 3 is 1.89 bits per heavy atom. The smallest absolute Gasteiger partial charge is 0.0107 e. The van der Waals surface area contributed by atoms with E-state index in [9.17, 15) is 0 Å². The second-order valence-electron chi connectivity index (χ2n) is 5.08. The summed E-state index contributed by atoms with van der Waals surface area (Å²) in [4.78, 5) is 5.06. The van der Waals surface area contributed by atoms with Gasteiger partial charge in [-0.3, -0.25) is 0 Å². The largest absolute Gasteiger partial charge is 0.313 e. The molecule has 0 amide bonds. The van der Waals surface area contributed by atoms with Crippen molar-refractivity contribution in [3.8, 4) is 0 Å².